The van der Waals surface area contributed by atoms with Crippen molar-refractivity contribution in [2.24, 2.45) is 0 Å². The highest BCUT2D eigenvalue weighted by Gasteiger charge is 2.36. The van der Waals surface area contributed by atoms with Gasteiger partial charge in [0.15, 0.2) is 5.82 Å². The number of aromatic amines is 1. The molecule has 0 bridgehead atoms. The summed E-state index contributed by atoms with van der Waals surface area (Å²) in [6.45, 7) is 3.91. The van der Waals surface area contributed by atoms with Crippen LogP contribution in [0.3, 0.4) is 0 Å². The number of nitriles is 1. The summed E-state index contributed by atoms with van der Waals surface area (Å²) >= 11 is 0. The minimum absolute atomic E-state index is 0.0970. The first-order chi connectivity index (χ1) is 11.1. The Morgan fingerprint density at radius 1 is 1.57 bits per heavy atom. The van der Waals surface area contributed by atoms with E-state index in [1.165, 1.54) is 0 Å². The number of H-pyrrole nitrogens is 1. The van der Waals surface area contributed by atoms with Gasteiger partial charge in [0.05, 0.1) is 19.2 Å². The zero-order valence-electron chi connectivity index (χ0n) is 13.3. The fraction of sp³-hybridized carbons (Fsp3) is 0.733. The molecule has 2 heterocycles. The van der Waals surface area contributed by atoms with Gasteiger partial charge in [0.2, 0.25) is 5.91 Å². The Morgan fingerprint density at radius 3 is 3.00 bits per heavy atom. The van der Waals surface area contributed by atoms with E-state index in [0.29, 0.717) is 25.5 Å². The lowest BCUT2D eigenvalue weighted by Gasteiger charge is -2.32. The SMILES string of the molecule is Cc1nc(C2CN(CC(=O)NC3(C#N)CCCC3)CCO2)n[nH]1. The number of aryl methyl sites for hydroxylation is 1. The van der Waals surface area contributed by atoms with Crippen molar-refractivity contribution in [2.45, 2.75) is 44.2 Å². The molecule has 0 aromatic carbocycles. The zero-order valence-corrected chi connectivity index (χ0v) is 13.3. The summed E-state index contributed by atoms with van der Waals surface area (Å²) in [4.78, 5) is 18.6. The number of hydrogen-bond donors (Lipinski definition) is 2. The van der Waals surface area contributed by atoms with Crippen LogP contribution in [0.2, 0.25) is 0 Å². The Kier molecular flexibility index (Phi) is 4.59. The Bertz CT molecular complexity index is 601. The van der Waals surface area contributed by atoms with Crippen LogP contribution in [0.15, 0.2) is 0 Å². The van der Waals surface area contributed by atoms with Crippen molar-refractivity contribution in [3.05, 3.63) is 11.6 Å². The monoisotopic (exact) mass is 318 g/mol. The van der Waals surface area contributed by atoms with Gasteiger partial charge in [-0.05, 0) is 32.6 Å². The minimum Gasteiger partial charge on any atom is -0.367 e. The normalized spacial score (nSPS) is 24.3. The second-order valence-electron chi connectivity index (χ2n) is 6.32. The summed E-state index contributed by atoms with van der Waals surface area (Å²) in [6.07, 6.45) is 3.27. The van der Waals surface area contributed by atoms with E-state index in [4.69, 9.17) is 4.74 Å². The smallest absolute Gasteiger partial charge is 0.235 e. The van der Waals surface area contributed by atoms with Gasteiger partial charge in [-0.15, -0.1) is 0 Å². The Balaban J connectivity index is 1.55. The molecule has 1 amide bonds. The zero-order chi connectivity index (χ0) is 16.3. The van der Waals surface area contributed by atoms with Crippen molar-refractivity contribution in [3.63, 3.8) is 0 Å². The summed E-state index contributed by atoms with van der Waals surface area (Å²) in [5.41, 5.74) is -0.663. The van der Waals surface area contributed by atoms with Gasteiger partial charge in [0.25, 0.3) is 0 Å². The molecule has 0 spiro atoms. The number of nitrogens with zero attached hydrogens (tertiary/aromatic N) is 4. The second-order valence-corrected chi connectivity index (χ2v) is 6.32. The first-order valence-electron chi connectivity index (χ1n) is 8.05. The molecule has 124 valence electrons. The van der Waals surface area contributed by atoms with Crippen molar-refractivity contribution >= 4 is 5.91 Å². The van der Waals surface area contributed by atoms with Gasteiger partial charge in [-0.1, -0.05) is 0 Å². The first kappa shape index (κ1) is 15.9. The average Bonchev–Trinajstić information content (AvgIpc) is 3.17. The Hall–Kier alpha value is -1.98. The highest BCUT2D eigenvalue weighted by atomic mass is 16.5. The van der Waals surface area contributed by atoms with Crippen LogP contribution in [0.1, 0.15) is 43.4 Å². The standard InChI is InChI=1S/C15H22N6O2/c1-11-17-14(20-19-11)12-8-21(6-7-23-12)9-13(22)18-15(10-16)4-2-3-5-15/h12H,2-9H2,1H3,(H,18,22)(H,17,19,20). The molecule has 1 aromatic rings. The third-order valence-electron chi connectivity index (χ3n) is 4.47. The van der Waals surface area contributed by atoms with Crippen molar-refractivity contribution in [1.29, 1.82) is 5.26 Å². The number of ether oxygens (including phenoxy) is 1. The number of carbonyl (C=O) groups is 1. The maximum Gasteiger partial charge on any atom is 0.235 e. The fourth-order valence-electron chi connectivity index (χ4n) is 3.26. The van der Waals surface area contributed by atoms with Crippen LogP contribution in [0.4, 0.5) is 0 Å². The van der Waals surface area contributed by atoms with E-state index in [1.54, 1.807) is 0 Å². The van der Waals surface area contributed by atoms with Gasteiger partial charge in [-0.3, -0.25) is 14.8 Å². The van der Waals surface area contributed by atoms with E-state index in [1.807, 2.05) is 11.8 Å². The van der Waals surface area contributed by atoms with E-state index in [2.05, 4.69) is 26.6 Å². The van der Waals surface area contributed by atoms with Crippen LogP contribution in [-0.4, -0.2) is 57.8 Å². The average molecular weight is 318 g/mol. The summed E-state index contributed by atoms with van der Waals surface area (Å²) in [5, 5.41) is 19.2. The van der Waals surface area contributed by atoms with Gasteiger partial charge in [-0.25, -0.2) is 4.98 Å². The van der Waals surface area contributed by atoms with Crippen LogP contribution >= 0.6 is 0 Å². The molecule has 1 saturated carbocycles. The molecule has 1 atom stereocenters. The number of morpholine rings is 1. The second kappa shape index (κ2) is 6.64. The number of nitrogens with one attached hydrogen (secondary N) is 2. The lowest BCUT2D eigenvalue weighted by atomic mass is 10.00. The topological polar surface area (TPSA) is 107 Å². The molecular weight excluding hydrogens is 296 g/mol. The van der Waals surface area contributed by atoms with Gasteiger partial charge >= 0.3 is 0 Å². The predicted octanol–water partition coefficient (Wildman–Crippen LogP) is 0.439. The molecule has 1 unspecified atom stereocenters. The predicted molar refractivity (Wildman–Crippen MR) is 81.2 cm³/mol. The number of rotatable bonds is 4. The largest absolute Gasteiger partial charge is 0.367 e. The van der Waals surface area contributed by atoms with Crippen LogP contribution in [0.5, 0.6) is 0 Å². The Labute approximate surface area is 135 Å². The molecule has 2 N–H and O–H groups in total. The van der Waals surface area contributed by atoms with E-state index < -0.39 is 5.54 Å². The van der Waals surface area contributed by atoms with Crippen molar-refractivity contribution in [2.75, 3.05) is 26.2 Å². The summed E-state index contributed by atoms with van der Waals surface area (Å²) in [7, 11) is 0. The van der Waals surface area contributed by atoms with E-state index >= 15 is 0 Å². The van der Waals surface area contributed by atoms with Gasteiger partial charge in [0, 0.05) is 13.1 Å². The molecule has 1 aromatic heterocycles. The molecular formula is C15H22N6O2. The molecule has 2 aliphatic rings. The first-order valence-corrected chi connectivity index (χ1v) is 8.05. The molecule has 8 heteroatoms. The van der Waals surface area contributed by atoms with Crippen molar-refractivity contribution in [3.8, 4) is 6.07 Å². The van der Waals surface area contributed by atoms with Crippen LogP contribution in [0.25, 0.3) is 0 Å². The van der Waals surface area contributed by atoms with Gasteiger partial charge < -0.3 is 10.1 Å². The maximum atomic E-state index is 12.3. The third-order valence-corrected chi connectivity index (χ3v) is 4.47. The number of hydrogen-bond acceptors (Lipinski definition) is 6. The van der Waals surface area contributed by atoms with Crippen LogP contribution < -0.4 is 5.32 Å². The molecule has 1 aliphatic carbocycles. The number of aromatic nitrogens is 3. The summed E-state index contributed by atoms with van der Waals surface area (Å²) < 4.78 is 5.69. The molecule has 8 nitrogen and oxygen atoms in total. The highest BCUT2D eigenvalue weighted by Crippen LogP contribution is 2.28. The van der Waals surface area contributed by atoms with E-state index in [9.17, 15) is 10.1 Å². The van der Waals surface area contributed by atoms with Gasteiger partial charge in [0.1, 0.15) is 17.5 Å². The Morgan fingerprint density at radius 2 is 2.35 bits per heavy atom. The number of amides is 1. The van der Waals surface area contributed by atoms with E-state index in [-0.39, 0.29) is 18.6 Å². The quantitative estimate of drug-likeness (QED) is 0.834. The molecule has 1 saturated heterocycles. The molecule has 3 rings (SSSR count). The van der Waals surface area contributed by atoms with Crippen molar-refractivity contribution < 1.29 is 9.53 Å². The molecule has 0 radical (unpaired) electrons. The summed E-state index contributed by atoms with van der Waals surface area (Å²) in [6, 6.07) is 2.28. The summed E-state index contributed by atoms with van der Waals surface area (Å²) in [5.74, 6) is 1.27. The van der Waals surface area contributed by atoms with Crippen LogP contribution in [0, 0.1) is 18.3 Å². The number of carbonyl (C=O) groups excluding carboxylic acids is 1. The van der Waals surface area contributed by atoms with E-state index in [0.717, 1.165) is 31.5 Å². The lowest BCUT2D eigenvalue weighted by molar-refractivity contribution is -0.125. The van der Waals surface area contributed by atoms with Gasteiger partial charge in [-0.2, -0.15) is 10.4 Å². The fourth-order valence-corrected chi connectivity index (χ4v) is 3.26. The van der Waals surface area contributed by atoms with Crippen LogP contribution in [-0.2, 0) is 9.53 Å². The third kappa shape index (κ3) is 3.68. The van der Waals surface area contributed by atoms with Crippen molar-refractivity contribution in [1.82, 2.24) is 25.4 Å². The lowest BCUT2D eigenvalue weighted by Crippen LogP contribution is -2.51. The highest BCUT2D eigenvalue weighted by molar-refractivity contribution is 5.79. The molecule has 2 fully saturated rings. The molecule has 1 aliphatic heterocycles. The molecule has 23 heavy (non-hydrogen) atoms. The maximum absolute atomic E-state index is 12.3. The minimum atomic E-state index is -0.663.